The third-order valence-electron chi connectivity index (χ3n) is 3.06. The fourth-order valence-corrected chi connectivity index (χ4v) is 2.91. The van der Waals surface area contributed by atoms with Gasteiger partial charge in [0.2, 0.25) is 0 Å². The highest BCUT2D eigenvalue weighted by atomic mass is 32.2. The molecule has 102 valence electrons. The van der Waals surface area contributed by atoms with Crippen LogP contribution in [0.25, 0.3) is 0 Å². The Kier molecular flexibility index (Phi) is 4.09. The number of hydrogen-bond acceptors (Lipinski definition) is 3. The van der Waals surface area contributed by atoms with E-state index in [0.717, 1.165) is 6.08 Å². The minimum atomic E-state index is -0.810. The summed E-state index contributed by atoms with van der Waals surface area (Å²) in [7, 11) is 0. The third kappa shape index (κ3) is 3.07. The number of allylic oxidation sites excluding steroid dienone is 4. The summed E-state index contributed by atoms with van der Waals surface area (Å²) in [6.07, 6.45) is 4.27. The van der Waals surface area contributed by atoms with Crippen LogP contribution in [-0.4, -0.2) is 15.8 Å². The molecule has 19 heavy (non-hydrogen) atoms. The fourth-order valence-electron chi connectivity index (χ4n) is 1.79. The minimum absolute atomic E-state index is 0.126. The van der Waals surface area contributed by atoms with Gasteiger partial charge in [0.15, 0.2) is 11.6 Å². The maximum atomic E-state index is 13.4. The molecule has 1 aromatic heterocycles. The van der Waals surface area contributed by atoms with Crippen LogP contribution < -0.4 is 5.56 Å². The second-order valence-corrected chi connectivity index (χ2v) is 5.46. The van der Waals surface area contributed by atoms with E-state index < -0.39 is 23.1 Å². The third-order valence-corrected chi connectivity index (χ3v) is 4.18. The largest absolute Gasteiger partial charge is 0.503 e. The van der Waals surface area contributed by atoms with Gasteiger partial charge in [0.1, 0.15) is 5.83 Å². The molecule has 1 aromatic rings. The Balaban J connectivity index is 2.02. The molecule has 0 aliphatic heterocycles. The molecule has 1 aliphatic rings. The number of aromatic amines is 1. The molecule has 1 aliphatic carbocycles. The predicted octanol–water partition coefficient (Wildman–Crippen LogP) is 3.15. The summed E-state index contributed by atoms with van der Waals surface area (Å²) in [5.41, 5.74) is -0.550. The Morgan fingerprint density at radius 3 is 2.89 bits per heavy atom. The highest BCUT2D eigenvalue weighted by Crippen LogP contribution is 2.34. The quantitative estimate of drug-likeness (QED) is 0.839. The molecular formula is C13H13F2NO2S. The first-order chi connectivity index (χ1) is 8.99. The van der Waals surface area contributed by atoms with Crippen LogP contribution in [0.4, 0.5) is 8.78 Å². The van der Waals surface area contributed by atoms with Gasteiger partial charge in [-0.15, -0.1) is 11.8 Å². The van der Waals surface area contributed by atoms with Crippen molar-refractivity contribution in [2.24, 2.45) is 11.8 Å². The average molecular weight is 285 g/mol. The van der Waals surface area contributed by atoms with Crippen molar-refractivity contribution in [2.45, 2.75) is 11.8 Å². The second kappa shape index (κ2) is 5.61. The van der Waals surface area contributed by atoms with Crippen LogP contribution in [0.2, 0.25) is 0 Å². The lowest BCUT2D eigenvalue weighted by Crippen LogP contribution is -2.16. The van der Waals surface area contributed by atoms with Gasteiger partial charge in [0.25, 0.3) is 5.56 Å². The monoisotopic (exact) mass is 285 g/mol. The molecule has 0 bridgehead atoms. The molecule has 0 spiro atoms. The normalized spacial score (nSPS) is 22.9. The Morgan fingerprint density at radius 2 is 2.21 bits per heavy atom. The number of rotatable bonds is 3. The van der Waals surface area contributed by atoms with Gasteiger partial charge in [-0.25, -0.2) is 8.78 Å². The first-order valence-corrected chi connectivity index (χ1v) is 6.75. The summed E-state index contributed by atoms with van der Waals surface area (Å²) < 4.78 is 26.4. The van der Waals surface area contributed by atoms with Crippen molar-refractivity contribution in [1.82, 2.24) is 4.98 Å². The lowest BCUT2D eigenvalue weighted by molar-refractivity contribution is 0.389. The Hall–Kier alpha value is -1.56. The first-order valence-electron chi connectivity index (χ1n) is 5.77. The van der Waals surface area contributed by atoms with E-state index in [1.807, 2.05) is 0 Å². The van der Waals surface area contributed by atoms with Crippen molar-refractivity contribution in [3.63, 3.8) is 0 Å². The number of hydrogen-bond donors (Lipinski definition) is 2. The zero-order valence-corrected chi connectivity index (χ0v) is 11.0. The molecule has 2 N–H and O–H groups in total. The number of aromatic nitrogens is 1. The zero-order valence-electron chi connectivity index (χ0n) is 10.2. The first kappa shape index (κ1) is 13.9. The van der Waals surface area contributed by atoms with Gasteiger partial charge in [-0.1, -0.05) is 13.0 Å². The van der Waals surface area contributed by atoms with Crippen LogP contribution in [0.15, 0.2) is 45.8 Å². The molecule has 0 aromatic carbocycles. The number of thioether (sulfide) groups is 1. The van der Waals surface area contributed by atoms with Gasteiger partial charge >= 0.3 is 0 Å². The van der Waals surface area contributed by atoms with Crippen molar-refractivity contribution in [2.75, 3.05) is 5.75 Å². The van der Waals surface area contributed by atoms with Crippen LogP contribution in [0.5, 0.6) is 5.75 Å². The van der Waals surface area contributed by atoms with E-state index in [9.17, 15) is 18.7 Å². The molecule has 0 saturated carbocycles. The van der Waals surface area contributed by atoms with Crippen molar-refractivity contribution in [3.8, 4) is 5.75 Å². The second-order valence-electron chi connectivity index (χ2n) is 4.37. The topological polar surface area (TPSA) is 53.1 Å². The van der Waals surface area contributed by atoms with Gasteiger partial charge in [0.05, 0.1) is 0 Å². The van der Waals surface area contributed by atoms with E-state index in [-0.39, 0.29) is 11.7 Å². The van der Waals surface area contributed by atoms with Crippen LogP contribution in [0.1, 0.15) is 6.92 Å². The van der Waals surface area contributed by atoms with Gasteiger partial charge in [0, 0.05) is 28.8 Å². The van der Waals surface area contributed by atoms with Crippen molar-refractivity contribution in [1.29, 1.82) is 0 Å². The van der Waals surface area contributed by atoms with Gasteiger partial charge in [-0.2, -0.15) is 0 Å². The smallest absolute Gasteiger partial charge is 0.290 e. The highest BCUT2D eigenvalue weighted by molar-refractivity contribution is 7.99. The van der Waals surface area contributed by atoms with Gasteiger partial charge in [-0.05, 0) is 12.0 Å². The maximum absolute atomic E-state index is 13.4. The molecule has 6 heteroatoms. The molecule has 2 unspecified atom stereocenters. The predicted molar refractivity (Wildman–Crippen MR) is 70.5 cm³/mol. The number of aromatic hydroxyl groups is 1. The SMILES string of the molecule is CC1C(F)=C(F)C=CC1CSc1c[nH]c(=O)c(O)c1. The number of halogens is 2. The van der Waals surface area contributed by atoms with Crippen molar-refractivity contribution >= 4 is 11.8 Å². The molecule has 0 fully saturated rings. The van der Waals surface area contributed by atoms with Crippen LogP contribution in [0, 0.1) is 11.8 Å². The van der Waals surface area contributed by atoms with Crippen LogP contribution in [0.3, 0.4) is 0 Å². The highest BCUT2D eigenvalue weighted by Gasteiger charge is 2.25. The summed E-state index contributed by atoms with van der Waals surface area (Å²) in [6.45, 7) is 1.63. The van der Waals surface area contributed by atoms with Crippen LogP contribution >= 0.6 is 11.8 Å². The molecule has 0 radical (unpaired) electrons. The molecule has 1 heterocycles. The maximum Gasteiger partial charge on any atom is 0.290 e. The molecule has 2 rings (SSSR count). The summed E-state index contributed by atoms with van der Waals surface area (Å²) in [5, 5.41) is 9.28. The summed E-state index contributed by atoms with van der Waals surface area (Å²) in [5.74, 6) is -1.99. The summed E-state index contributed by atoms with van der Waals surface area (Å²) >= 11 is 1.36. The molecular weight excluding hydrogens is 272 g/mol. The lowest BCUT2D eigenvalue weighted by atomic mass is 9.90. The van der Waals surface area contributed by atoms with E-state index in [4.69, 9.17) is 0 Å². The van der Waals surface area contributed by atoms with Gasteiger partial charge < -0.3 is 10.1 Å². The average Bonchev–Trinajstić information content (AvgIpc) is 2.39. The van der Waals surface area contributed by atoms with Gasteiger partial charge in [-0.3, -0.25) is 4.79 Å². The summed E-state index contributed by atoms with van der Waals surface area (Å²) in [4.78, 5) is 14.1. The Morgan fingerprint density at radius 1 is 1.47 bits per heavy atom. The number of nitrogens with one attached hydrogen (secondary N) is 1. The van der Waals surface area contributed by atoms with Crippen molar-refractivity contribution < 1.29 is 13.9 Å². The number of pyridine rings is 1. The van der Waals surface area contributed by atoms with E-state index in [1.165, 1.54) is 24.0 Å². The van der Waals surface area contributed by atoms with E-state index >= 15 is 0 Å². The molecule has 3 nitrogen and oxygen atoms in total. The van der Waals surface area contributed by atoms with E-state index in [2.05, 4.69) is 4.98 Å². The standard InChI is InChI=1S/C13H13F2NO2S/c1-7-8(2-3-10(14)12(7)15)6-19-9-4-11(17)13(18)16-5-9/h2-5,7-8,17H,6H2,1H3,(H,16,18). The fraction of sp³-hybridized carbons (Fsp3) is 0.308. The Labute approximate surface area is 113 Å². The molecule has 2 atom stereocenters. The minimum Gasteiger partial charge on any atom is -0.503 e. The van der Waals surface area contributed by atoms with E-state index in [0.29, 0.717) is 10.6 Å². The zero-order chi connectivity index (χ0) is 14.0. The van der Waals surface area contributed by atoms with Crippen molar-refractivity contribution in [3.05, 3.63) is 46.4 Å². The Bertz CT molecular complexity index is 595. The molecule has 0 saturated heterocycles. The number of H-pyrrole nitrogens is 1. The van der Waals surface area contributed by atoms with E-state index in [1.54, 1.807) is 13.0 Å². The molecule has 0 amide bonds. The van der Waals surface area contributed by atoms with Crippen LogP contribution in [-0.2, 0) is 0 Å². The lowest BCUT2D eigenvalue weighted by Gasteiger charge is -2.22. The summed E-state index contributed by atoms with van der Waals surface area (Å²) in [6, 6.07) is 1.35.